The number of carbonyl (C=O) groups excluding carboxylic acids is 3. The van der Waals surface area contributed by atoms with Crippen molar-refractivity contribution in [3.63, 3.8) is 0 Å². The van der Waals surface area contributed by atoms with Crippen LogP contribution in [0, 0.1) is 27.2 Å². The van der Waals surface area contributed by atoms with Gasteiger partial charge in [-0.05, 0) is 42.5 Å². The molecule has 13 heteroatoms. The number of rotatable bonds is 7. The summed E-state index contributed by atoms with van der Waals surface area (Å²) in [6.07, 6.45) is 1.35. The third-order valence-corrected chi connectivity index (χ3v) is 5.93. The van der Waals surface area contributed by atoms with Crippen LogP contribution in [0.3, 0.4) is 0 Å². The number of nitro benzene ring substituents is 2. The molecule has 0 spiro atoms. The van der Waals surface area contributed by atoms with Crippen molar-refractivity contribution in [1.82, 2.24) is 10.2 Å². The van der Waals surface area contributed by atoms with E-state index in [2.05, 4.69) is 5.32 Å². The lowest BCUT2D eigenvalue weighted by Crippen LogP contribution is -2.37. The summed E-state index contributed by atoms with van der Waals surface area (Å²) in [5.41, 5.74) is 0.115. The van der Waals surface area contributed by atoms with Crippen molar-refractivity contribution in [1.29, 1.82) is 0 Å². The summed E-state index contributed by atoms with van der Waals surface area (Å²) in [6.45, 7) is 1.26. The van der Waals surface area contributed by atoms with Gasteiger partial charge in [-0.3, -0.25) is 39.5 Å². The molecule has 0 unspecified atom stereocenters. The van der Waals surface area contributed by atoms with Crippen LogP contribution in [0.25, 0.3) is 6.08 Å². The van der Waals surface area contributed by atoms with Crippen molar-refractivity contribution in [2.24, 2.45) is 0 Å². The molecule has 2 aromatic rings. The van der Waals surface area contributed by atoms with Crippen LogP contribution in [0.4, 0.5) is 16.2 Å². The van der Waals surface area contributed by atoms with Gasteiger partial charge in [0.05, 0.1) is 14.8 Å². The zero-order valence-corrected chi connectivity index (χ0v) is 18.5. The van der Waals surface area contributed by atoms with E-state index in [1.54, 1.807) is 0 Å². The highest BCUT2D eigenvalue weighted by Gasteiger charge is 2.35. The second-order valence-electron chi connectivity index (χ2n) is 6.76. The Balaban J connectivity index is 1.67. The fourth-order valence-electron chi connectivity index (χ4n) is 3.05. The van der Waals surface area contributed by atoms with Gasteiger partial charge in [0.1, 0.15) is 5.02 Å². The van der Waals surface area contributed by atoms with Gasteiger partial charge in [0.15, 0.2) is 0 Å². The van der Waals surface area contributed by atoms with Crippen LogP contribution in [0.1, 0.15) is 21.5 Å². The first-order valence-electron chi connectivity index (χ1n) is 9.31. The molecule has 0 radical (unpaired) electrons. The molecule has 1 fully saturated rings. The molecule has 0 aliphatic carbocycles. The molecule has 11 nitrogen and oxygen atoms in total. The number of thioether (sulfide) groups is 1. The number of nitrogens with zero attached hydrogens (tertiary/aromatic N) is 3. The summed E-state index contributed by atoms with van der Waals surface area (Å²) in [7, 11) is 0. The zero-order valence-electron chi connectivity index (χ0n) is 16.9. The van der Waals surface area contributed by atoms with Gasteiger partial charge in [-0.1, -0.05) is 23.7 Å². The Morgan fingerprint density at radius 1 is 1.15 bits per heavy atom. The van der Waals surface area contributed by atoms with Crippen LogP contribution in [0.5, 0.6) is 0 Å². The van der Waals surface area contributed by atoms with E-state index in [9.17, 15) is 34.6 Å². The maximum Gasteiger partial charge on any atom is 0.293 e. The minimum Gasteiger partial charge on any atom is -0.350 e. The fraction of sp³-hybridized carbons (Fsp3) is 0.150. The van der Waals surface area contributed by atoms with Crippen LogP contribution in [0.2, 0.25) is 5.02 Å². The number of nitro groups is 2. The largest absolute Gasteiger partial charge is 0.350 e. The molecule has 1 N–H and O–H groups in total. The van der Waals surface area contributed by atoms with Gasteiger partial charge < -0.3 is 5.32 Å². The first kappa shape index (κ1) is 23.9. The number of hydrogen-bond donors (Lipinski definition) is 1. The van der Waals surface area contributed by atoms with Gasteiger partial charge in [0.25, 0.3) is 28.4 Å². The first-order valence-corrected chi connectivity index (χ1v) is 10.5. The van der Waals surface area contributed by atoms with Gasteiger partial charge in [0, 0.05) is 36.3 Å². The van der Waals surface area contributed by atoms with Crippen LogP contribution in [-0.4, -0.2) is 44.9 Å². The summed E-state index contributed by atoms with van der Waals surface area (Å²) in [5.74, 6) is -1.18. The summed E-state index contributed by atoms with van der Waals surface area (Å²) in [5, 5.41) is 24.0. The highest BCUT2D eigenvalue weighted by Crippen LogP contribution is 2.33. The van der Waals surface area contributed by atoms with Gasteiger partial charge >= 0.3 is 0 Å². The van der Waals surface area contributed by atoms with E-state index in [-0.39, 0.29) is 45.5 Å². The van der Waals surface area contributed by atoms with Crippen LogP contribution >= 0.6 is 23.4 Å². The molecule has 1 aliphatic rings. The van der Waals surface area contributed by atoms with Crippen molar-refractivity contribution in [3.8, 4) is 0 Å². The predicted octanol–water partition coefficient (Wildman–Crippen LogP) is 3.93. The second-order valence-corrected chi connectivity index (χ2v) is 8.16. The molecule has 3 amide bonds. The van der Waals surface area contributed by atoms with Crippen molar-refractivity contribution >= 4 is 57.9 Å². The summed E-state index contributed by atoms with van der Waals surface area (Å²) in [6, 6.07) is 8.10. The van der Waals surface area contributed by atoms with E-state index >= 15 is 0 Å². The number of nitrogens with one attached hydrogen (secondary N) is 1. The molecule has 3 rings (SSSR count). The number of imide groups is 1. The van der Waals surface area contributed by atoms with Crippen molar-refractivity contribution in [2.45, 2.75) is 6.92 Å². The molecule has 1 aliphatic heterocycles. The minimum absolute atomic E-state index is 0.0556. The third kappa shape index (κ3) is 5.18. The van der Waals surface area contributed by atoms with Crippen LogP contribution < -0.4 is 5.32 Å². The lowest BCUT2D eigenvalue weighted by atomic mass is 10.1. The second kappa shape index (κ2) is 9.79. The zero-order chi connectivity index (χ0) is 24.3. The summed E-state index contributed by atoms with van der Waals surface area (Å²) in [4.78, 5) is 59.0. The van der Waals surface area contributed by atoms with Crippen molar-refractivity contribution in [3.05, 3.63) is 83.2 Å². The summed E-state index contributed by atoms with van der Waals surface area (Å²) >= 11 is 6.44. The number of hydrogen-bond acceptors (Lipinski definition) is 8. The fourth-order valence-corrected chi connectivity index (χ4v) is 4.10. The molecule has 0 aromatic heterocycles. The average Bonchev–Trinajstić information content (AvgIpc) is 3.02. The van der Waals surface area contributed by atoms with E-state index < -0.39 is 26.9 Å². The molecule has 170 valence electrons. The SMILES string of the molecule is Cc1c(C(=O)NCCN2C(=O)S/C(=C\c3ccc(Cl)c([N+](=O)[O-])c3)C2=O)cccc1[N+](=O)[O-]. The van der Waals surface area contributed by atoms with Crippen LogP contribution in [0.15, 0.2) is 41.3 Å². The normalized spacial score (nSPS) is 14.6. The number of carbonyl (C=O) groups is 3. The molecule has 1 saturated heterocycles. The van der Waals surface area contributed by atoms with Crippen LogP contribution in [-0.2, 0) is 4.79 Å². The van der Waals surface area contributed by atoms with Gasteiger partial charge in [-0.2, -0.15) is 0 Å². The Morgan fingerprint density at radius 3 is 2.52 bits per heavy atom. The molecule has 0 saturated carbocycles. The molecular weight excluding hydrogens is 476 g/mol. The molecule has 0 bridgehead atoms. The van der Waals surface area contributed by atoms with Gasteiger partial charge in [-0.25, -0.2) is 0 Å². The lowest BCUT2D eigenvalue weighted by molar-refractivity contribution is -0.385. The van der Waals surface area contributed by atoms with Crippen molar-refractivity contribution < 1.29 is 24.2 Å². The third-order valence-electron chi connectivity index (χ3n) is 4.71. The van der Waals surface area contributed by atoms with Gasteiger partial charge in [0.2, 0.25) is 0 Å². The molecule has 0 atom stereocenters. The maximum absolute atomic E-state index is 12.6. The summed E-state index contributed by atoms with van der Waals surface area (Å²) < 4.78 is 0. The van der Waals surface area contributed by atoms with E-state index in [0.29, 0.717) is 17.3 Å². The van der Waals surface area contributed by atoms with Gasteiger partial charge in [-0.15, -0.1) is 0 Å². The standard InChI is InChI=1S/C20H15ClN4O7S/c1-11-13(3-2-4-15(11)24(29)30)18(26)22-7-8-23-19(27)17(33-20(23)28)10-12-5-6-14(21)16(9-12)25(31)32/h2-6,9-10H,7-8H2,1H3,(H,22,26)/b17-10-. The topological polar surface area (TPSA) is 153 Å². The average molecular weight is 491 g/mol. The monoisotopic (exact) mass is 490 g/mol. The van der Waals surface area contributed by atoms with E-state index in [0.717, 1.165) is 4.90 Å². The highest BCUT2D eigenvalue weighted by molar-refractivity contribution is 8.18. The van der Waals surface area contributed by atoms with E-state index in [4.69, 9.17) is 11.6 Å². The number of halogens is 1. The quantitative estimate of drug-likeness (QED) is 0.348. The maximum atomic E-state index is 12.6. The van der Waals surface area contributed by atoms with E-state index in [1.807, 2.05) is 0 Å². The Bertz CT molecular complexity index is 1230. The Labute approximate surface area is 195 Å². The lowest BCUT2D eigenvalue weighted by Gasteiger charge is -2.13. The molecule has 2 aromatic carbocycles. The highest BCUT2D eigenvalue weighted by atomic mass is 35.5. The Morgan fingerprint density at radius 2 is 1.85 bits per heavy atom. The van der Waals surface area contributed by atoms with Crippen molar-refractivity contribution in [2.75, 3.05) is 13.1 Å². The number of benzene rings is 2. The smallest absolute Gasteiger partial charge is 0.293 e. The predicted molar refractivity (Wildman–Crippen MR) is 121 cm³/mol. The molecule has 1 heterocycles. The van der Waals surface area contributed by atoms with E-state index in [1.165, 1.54) is 49.4 Å². The Kier molecular flexibility index (Phi) is 7.09. The minimum atomic E-state index is -0.656. The molecular formula is C20H15ClN4O7S. The molecule has 33 heavy (non-hydrogen) atoms. The number of amides is 3. The first-order chi connectivity index (χ1) is 15.6. The Hall–Kier alpha value is -3.77.